The predicted molar refractivity (Wildman–Crippen MR) is 52.0 cm³/mol. The van der Waals surface area contributed by atoms with Gasteiger partial charge in [0.25, 0.3) is 0 Å². The number of pyridine rings is 1. The Morgan fingerprint density at radius 1 is 1.27 bits per heavy atom. The maximum Gasteiger partial charge on any atom is 0.314 e. The zero-order chi connectivity index (χ0) is 10.8. The molecule has 4 nitrogen and oxygen atoms in total. The van der Waals surface area contributed by atoms with Crippen LogP contribution in [0.15, 0.2) is 18.2 Å². The smallest absolute Gasteiger partial charge is 0.314 e. The molecule has 0 atom stereocenters. The van der Waals surface area contributed by atoms with Gasteiger partial charge in [-0.25, -0.2) is 0 Å². The summed E-state index contributed by atoms with van der Waals surface area (Å²) in [6.45, 7) is 1.88. The van der Waals surface area contributed by atoms with E-state index < -0.39 is 11.9 Å². The van der Waals surface area contributed by atoms with Crippen LogP contribution in [0, 0.1) is 6.92 Å². The van der Waals surface area contributed by atoms with E-state index in [1.54, 1.807) is 0 Å². The highest BCUT2D eigenvalue weighted by atomic mass is 16.6. The average molecular weight is 205 g/mol. The number of hydrogen-bond donors (Lipinski definition) is 0. The molecule has 2 rings (SSSR count). The first-order valence-electron chi connectivity index (χ1n) is 4.82. The summed E-state index contributed by atoms with van der Waals surface area (Å²) >= 11 is 0. The molecule has 1 aromatic heterocycles. The predicted octanol–water partition coefficient (Wildman–Crippen LogP) is 1.34. The van der Waals surface area contributed by atoms with Gasteiger partial charge in [-0.05, 0) is 19.1 Å². The molecule has 1 aromatic rings. The first-order valence-corrected chi connectivity index (χ1v) is 4.82. The summed E-state index contributed by atoms with van der Waals surface area (Å²) in [5.41, 5.74) is 1.68. The zero-order valence-corrected chi connectivity index (χ0v) is 8.40. The van der Waals surface area contributed by atoms with Crippen molar-refractivity contribution in [3.63, 3.8) is 0 Å². The van der Waals surface area contributed by atoms with Crippen molar-refractivity contribution in [3.05, 3.63) is 29.6 Å². The second kappa shape index (κ2) is 3.81. The first kappa shape index (κ1) is 9.83. The Morgan fingerprint density at radius 2 is 1.93 bits per heavy atom. The molecule has 0 unspecified atom stereocenters. The number of cyclic esters (lactones) is 2. The number of ether oxygens (including phenoxy) is 1. The van der Waals surface area contributed by atoms with Gasteiger partial charge in [-0.2, -0.15) is 0 Å². The standard InChI is InChI=1S/C11H11NO3/c1-7-3-2-4-9(12-7)8-5-10(13)15-11(14)6-8/h2-4,8H,5-6H2,1H3. The SMILES string of the molecule is Cc1cccc(C2CC(=O)OC(=O)C2)n1. The van der Waals surface area contributed by atoms with Crippen LogP contribution in [0.5, 0.6) is 0 Å². The van der Waals surface area contributed by atoms with Gasteiger partial charge in [0, 0.05) is 17.3 Å². The van der Waals surface area contributed by atoms with Crippen LogP contribution >= 0.6 is 0 Å². The highest BCUT2D eigenvalue weighted by Crippen LogP contribution is 2.26. The molecule has 78 valence electrons. The molecule has 0 aliphatic carbocycles. The number of aromatic nitrogens is 1. The number of carbonyl (C=O) groups is 2. The van der Waals surface area contributed by atoms with Crippen LogP contribution < -0.4 is 0 Å². The number of esters is 2. The summed E-state index contributed by atoms with van der Waals surface area (Å²) in [5.74, 6) is -1.04. The van der Waals surface area contributed by atoms with Gasteiger partial charge >= 0.3 is 11.9 Å². The Kier molecular flexibility index (Phi) is 2.49. The summed E-state index contributed by atoms with van der Waals surface area (Å²) in [5, 5.41) is 0. The van der Waals surface area contributed by atoms with Crippen molar-refractivity contribution in [1.29, 1.82) is 0 Å². The van der Waals surface area contributed by atoms with Gasteiger partial charge in [-0.1, -0.05) is 6.07 Å². The minimum Gasteiger partial charge on any atom is -0.393 e. The zero-order valence-electron chi connectivity index (χ0n) is 8.40. The Labute approximate surface area is 87.3 Å². The van der Waals surface area contributed by atoms with Crippen molar-refractivity contribution in [3.8, 4) is 0 Å². The first-order chi connectivity index (χ1) is 7.15. The third-order valence-electron chi connectivity index (χ3n) is 2.38. The number of hydrogen-bond acceptors (Lipinski definition) is 4. The van der Waals surface area contributed by atoms with E-state index >= 15 is 0 Å². The minimum atomic E-state index is -0.459. The minimum absolute atomic E-state index is 0.126. The molecule has 0 bridgehead atoms. The Morgan fingerprint density at radius 3 is 2.53 bits per heavy atom. The summed E-state index contributed by atoms with van der Waals surface area (Å²) in [6.07, 6.45) is 0.477. The largest absolute Gasteiger partial charge is 0.393 e. The molecule has 0 saturated carbocycles. The third kappa shape index (κ3) is 2.21. The molecule has 2 heterocycles. The van der Waals surface area contributed by atoms with E-state index in [9.17, 15) is 9.59 Å². The highest BCUT2D eigenvalue weighted by molar-refractivity contribution is 5.89. The fourth-order valence-corrected chi connectivity index (χ4v) is 1.69. The molecule has 0 spiro atoms. The van der Waals surface area contributed by atoms with E-state index in [2.05, 4.69) is 9.72 Å². The van der Waals surface area contributed by atoms with Crippen LogP contribution in [0.25, 0.3) is 0 Å². The summed E-state index contributed by atoms with van der Waals surface area (Å²) in [6, 6.07) is 5.60. The van der Waals surface area contributed by atoms with Crippen LogP contribution in [0.3, 0.4) is 0 Å². The molecular formula is C11H11NO3. The molecule has 0 radical (unpaired) electrons. The van der Waals surface area contributed by atoms with E-state index in [4.69, 9.17) is 0 Å². The van der Waals surface area contributed by atoms with Gasteiger partial charge in [0.15, 0.2) is 0 Å². The molecule has 0 amide bonds. The molecule has 0 N–H and O–H groups in total. The Bertz CT molecular complexity index is 398. The monoisotopic (exact) mass is 205 g/mol. The van der Waals surface area contributed by atoms with Crippen molar-refractivity contribution in [2.24, 2.45) is 0 Å². The lowest BCUT2D eigenvalue weighted by Crippen LogP contribution is -2.24. The summed E-state index contributed by atoms with van der Waals surface area (Å²) in [7, 11) is 0. The normalized spacial score (nSPS) is 17.7. The topological polar surface area (TPSA) is 56.3 Å². The molecule has 15 heavy (non-hydrogen) atoms. The maximum absolute atomic E-state index is 11.1. The molecule has 0 aromatic carbocycles. The van der Waals surface area contributed by atoms with Crippen molar-refractivity contribution < 1.29 is 14.3 Å². The second-order valence-corrected chi connectivity index (χ2v) is 3.66. The molecule has 1 saturated heterocycles. The van der Waals surface area contributed by atoms with Gasteiger partial charge in [0.2, 0.25) is 0 Å². The molecule has 1 aliphatic heterocycles. The lowest BCUT2D eigenvalue weighted by molar-refractivity contribution is -0.164. The Hall–Kier alpha value is -1.71. The van der Waals surface area contributed by atoms with Gasteiger partial charge < -0.3 is 4.74 Å². The van der Waals surface area contributed by atoms with Crippen molar-refractivity contribution in [2.45, 2.75) is 25.7 Å². The Balaban J connectivity index is 2.23. The van der Waals surface area contributed by atoms with E-state index in [1.807, 2.05) is 25.1 Å². The number of rotatable bonds is 1. The van der Waals surface area contributed by atoms with Gasteiger partial charge in [-0.15, -0.1) is 0 Å². The third-order valence-corrected chi connectivity index (χ3v) is 2.38. The van der Waals surface area contributed by atoms with E-state index in [0.29, 0.717) is 0 Å². The van der Waals surface area contributed by atoms with Gasteiger partial charge in [0.05, 0.1) is 12.8 Å². The average Bonchev–Trinajstić information content (AvgIpc) is 2.16. The van der Waals surface area contributed by atoms with Crippen LogP contribution in [0.2, 0.25) is 0 Å². The fourth-order valence-electron chi connectivity index (χ4n) is 1.69. The van der Waals surface area contributed by atoms with Gasteiger partial charge in [-0.3, -0.25) is 14.6 Å². The van der Waals surface area contributed by atoms with Crippen LogP contribution in [-0.2, 0) is 14.3 Å². The van der Waals surface area contributed by atoms with E-state index in [0.717, 1.165) is 11.4 Å². The summed E-state index contributed by atoms with van der Waals surface area (Å²) in [4.78, 5) is 26.4. The molecule has 1 aliphatic rings. The van der Waals surface area contributed by atoms with Crippen molar-refractivity contribution in [2.75, 3.05) is 0 Å². The van der Waals surface area contributed by atoms with E-state index in [1.165, 1.54) is 0 Å². The lowest BCUT2D eigenvalue weighted by atomic mass is 9.95. The lowest BCUT2D eigenvalue weighted by Gasteiger charge is -2.19. The highest BCUT2D eigenvalue weighted by Gasteiger charge is 2.28. The van der Waals surface area contributed by atoms with Crippen molar-refractivity contribution >= 4 is 11.9 Å². The van der Waals surface area contributed by atoms with Crippen LogP contribution in [0.4, 0.5) is 0 Å². The number of aryl methyl sites for hydroxylation is 1. The maximum atomic E-state index is 11.1. The van der Waals surface area contributed by atoms with E-state index in [-0.39, 0.29) is 18.8 Å². The fraction of sp³-hybridized carbons (Fsp3) is 0.364. The molecular weight excluding hydrogens is 194 g/mol. The second-order valence-electron chi connectivity index (χ2n) is 3.66. The summed E-state index contributed by atoms with van der Waals surface area (Å²) < 4.78 is 4.46. The molecule has 4 heteroatoms. The quantitative estimate of drug-likeness (QED) is 0.512. The van der Waals surface area contributed by atoms with Crippen molar-refractivity contribution in [1.82, 2.24) is 4.98 Å². The number of nitrogens with zero attached hydrogens (tertiary/aromatic N) is 1. The van der Waals surface area contributed by atoms with Crippen LogP contribution in [-0.4, -0.2) is 16.9 Å². The van der Waals surface area contributed by atoms with Crippen LogP contribution in [0.1, 0.15) is 30.1 Å². The van der Waals surface area contributed by atoms with Gasteiger partial charge in [0.1, 0.15) is 0 Å². The number of carbonyl (C=O) groups excluding carboxylic acids is 2. The molecule has 1 fully saturated rings.